The molecule has 0 spiro atoms. The summed E-state index contributed by atoms with van der Waals surface area (Å²) < 4.78 is 11.1. The molecule has 0 amide bonds. The summed E-state index contributed by atoms with van der Waals surface area (Å²) >= 11 is 0. The average molecular weight is 545 g/mol. The van der Waals surface area contributed by atoms with Crippen LogP contribution in [0.4, 0.5) is 0 Å². The number of fused-ring (bicyclic) bond motifs is 2. The van der Waals surface area contributed by atoms with Crippen LogP contribution in [0.15, 0.2) is 24.3 Å². The van der Waals surface area contributed by atoms with Gasteiger partial charge < -0.3 is 30.8 Å². The molecule has 0 saturated carbocycles. The SMILES string of the molecule is CC.CCC.CCOc1ccc(C(C)=O)c2c1CC(N)C2.CCOc1ccc2c(c1CC=O)CC(N)C2.CO. The quantitative estimate of drug-likeness (QED) is 0.330. The molecule has 39 heavy (non-hydrogen) atoms. The highest BCUT2D eigenvalue weighted by Gasteiger charge is 2.26. The van der Waals surface area contributed by atoms with Gasteiger partial charge >= 0.3 is 0 Å². The Labute approximate surface area is 236 Å². The van der Waals surface area contributed by atoms with Crippen LogP contribution >= 0.6 is 0 Å². The first-order valence-corrected chi connectivity index (χ1v) is 14.2. The number of nitrogens with two attached hydrogens (primary N) is 2. The van der Waals surface area contributed by atoms with Crippen molar-refractivity contribution in [2.45, 2.75) is 99.1 Å². The van der Waals surface area contributed by atoms with Crippen molar-refractivity contribution < 1.29 is 24.2 Å². The van der Waals surface area contributed by atoms with Gasteiger partial charge in [0, 0.05) is 36.7 Å². The molecule has 0 aromatic heterocycles. The predicted molar refractivity (Wildman–Crippen MR) is 161 cm³/mol. The lowest BCUT2D eigenvalue weighted by Gasteiger charge is -2.12. The van der Waals surface area contributed by atoms with E-state index in [-0.39, 0.29) is 17.9 Å². The van der Waals surface area contributed by atoms with E-state index in [1.165, 1.54) is 17.5 Å². The largest absolute Gasteiger partial charge is 0.494 e. The summed E-state index contributed by atoms with van der Waals surface area (Å²) in [5.74, 6) is 1.83. The van der Waals surface area contributed by atoms with E-state index in [1.807, 2.05) is 45.9 Å². The van der Waals surface area contributed by atoms with Crippen molar-refractivity contribution in [3.05, 3.63) is 57.6 Å². The zero-order valence-electron chi connectivity index (χ0n) is 25.4. The lowest BCUT2D eigenvalue weighted by atomic mass is 10.00. The highest BCUT2D eigenvalue weighted by Crippen LogP contribution is 2.33. The average Bonchev–Trinajstić information content (AvgIpc) is 3.51. The minimum Gasteiger partial charge on any atom is -0.494 e. The van der Waals surface area contributed by atoms with Gasteiger partial charge in [-0.25, -0.2) is 0 Å². The predicted octanol–water partition coefficient (Wildman–Crippen LogP) is 5.02. The summed E-state index contributed by atoms with van der Waals surface area (Å²) in [5, 5.41) is 7.00. The summed E-state index contributed by atoms with van der Waals surface area (Å²) in [6.45, 7) is 15.0. The highest BCUT2D eigenvalue weighted by atomic mass is 16.5. The summed E-state index contributed by atoms with van der Waals surface area (Å²) in [6, 6.07) is 8.08. The lowest BCUT2D eigenvalue weighted by Crippen LogP contribution is -2.19. The normalized spacial score (nSPS) is 15.8. The molecule has 2 atom stereocenters. The smallest absolute Gasteiger partial charge is 0.160 e. The first-order chi connectivity index (χ1) is 18.8. The molecule has 4 rings (SSSR count). The zero-order valence-corrected chi connectivity index (χ0v) is 25.4. The number of rotatable bonds is 7. The Hall–Kier alpha value is -2.74. The molecule has 2 aliphatic carbocycles. The van der Waals surface area contributed by atoms with Gasteiger partial charge in [0.15, 0.2) is 5.78 Å². The van der Waals surface area contributed by atoms with E-state index in [0.717, 1.165) is 72.8 Å². The van der Waals surface area contributed by atoms with Gasteiger partial charge in [-0.2, -0.15) is 0 Å². The second kappa shape index (κ2) is 20.2. The second-order valence-electron chi connectivity index (χ2n) is 9.09. The van der Waals surface area contributed by atoms with Crippen molar-refractivity contribution in [1.82, 2.24) is 0 Å². The molecular formula is C32H52N2O5. The van der Waals surface area contributed by atoms with Gasteiger partial charge in [-0.1, -0.05) is 40.2 Å². The van der Waals surface area contributed by atoms with Crippen molar-refractivity contribution in [3.63, 3.8) is 0 Å². The Morgan fingerprint density at radius 1 is 0.846 bits per heavy atom. The number of aliphatic hydroxyl groups excluding tert-OH is 1. The van der Waals surface area contributed by atoms with E-state index in [2.05, 4.69) is 19.9 Å². The number of benzene rings is 2. The molecule has 7 heteroatoms. The van der Waals surface area contributed by atoms with Gasteiger partial charge in [-0.15, -0.1) is 0 Å². The van der Waals surface area contributed by atoms with Gasteiger partial charge in [0.25, 0.3) is 0 Å². The molecule has 220 valence electrons. The first-order valence-electron chi connectivity index (χ1n) is 14.2. The fraction of sp³-hybridized carbons (Fsp3) is 0.562. The van der Waals surface area contributed by atoms with E-state index in [4.69, 9.17) is 26.0 Å². The van der Waals surface area contributed by atoms with Crippen molar-refractivity contribution in [1.29, 1.82) is 0 Å². The molecule has 0 heterocycles. The molecule has 2 aliphatic rings. The maximum atomic E-state index is 11.5. The number of ketones is 1. The zero-order chi connectivity index (χ0) is 30.0. The minimum absolute atomic E-state index is 0.105. The van der Waals surface area contributed by atoms with Crippen molar-refractivity contribution >= 4 is 12.1 Å². The third-order valence-electron chi connectivity index (χ3n) is 6.02. The Balaban J connectivity index is 0.000000603. The van der Waals surface area contributed by atoms with Gasteiger partial charge in [0.05, 0.1) is 13.2 Å². The highest BCUT2D eigenvalue weighted by molar-refractivity contribution is 5.96. The van der Waals surface area contributed by atoms with Crippen LogP contribution in [-0.2, 0) is 36.9 Å². The summed E-state index contributed by atoms with van der Waals surface area (Å²) in [5.41, 5.74) is 18.4. The van der Waals surface area contributed by atoms with Gasteiger partial charge in [0.1, 0.15) is 17.8 Å². The Bertz CT molecular complexity index is 1010. The molecule has 7 nitrogen and oxygen atoms in total. The molecule has 2 unspecified atom stereocenters. The molecule has 0 saturated heterocycles. The standard InChI is InChI=1S/2C13H17NO2.C3H8.C2H6.CH4O/c1-3-16-13-5-4-10(8(2)15)11-6-9(14)7-12(11)13;1-2-16-13-4-3-9-7-10(14)8-12(9)11(13)5-6-15;1-3-2;2*1-2/h4-5,9H,3,6-7,14H2,1-2H3;3-4,6,10H,2,5,7-8,14H2,1H3;3H2,1-2H3;1-2H3;2H,1H3. The first kappa shape index (κ1) is 36.3. The van der Waals surface area contributed by atoms with Crippen LogP contribution in [0.5, 0.6) is 11.5 Å². The lowest BCUT2D eigenvalue weighted by molar-refractivity contribution is -0.107. The number of Topliss-reactive ketones (excluding diaryl/α,β-unsaturated/α-hetero) is 1. The molecule has 0 fully saturated rings. The van der Waals surface area contributed by atoms with E-state index in [1.54, 1.807) is 6.92 Å². The molecule has 2 aromatic rings. The maximum absolute atomic E-state index is 11.5. The summed E-state index contributed by atoms with van der Waals surface area (Å²) in [6.07, 6.45) is 5.97. The third kappa shape index (κ3) is 10.7. The van der Waals surface area contributed by atoms with Crippen LogP contribution < -0.4 is 20.9 Å². The Morgan fingerprint density at radius 3 is 1.87 bits per heavy atom. The van der Waals surface area contributed by atoms with E-state index < -0.39 is 0 Å². The molecule has 5 N–H and O–H groups in total. The number of carbonyl (C=O) groups is 2. The maximum Gasteiger partial charge on any atom is 0.160 e. The van der Waals surface area contributed by atoms with E-state index in [9.17, 15) is 9.59 Å². The summed E-state index contributed by atoms with van der Waals surface area (Å²) in [4.78, 5) is 22.2. The fourth-order valence-electron chi connectivity index (χ4n) is 4.73. The molecular weight excluding hydrogens is 492 g/mol. The van der Waals surface area contributed by atoms with Crippen LogP contribution in [0, 0.1) is 0 Å². The van der Waals surface area contributed by atoms with Gasteiger partial charge in [-0.3, -0.25) is 4.79 Å². The van der Waals surface area contributed by atoms with Crippen molar-refractivity contribution in [3.8, 4) is 11.5 Å². The van der Waals surface area contributed by atoms with E-state index in [0.29, 0.717) is 19.6 Å². The Kier molecular flexibility index (Phi) is 18.8. The molecule has 2 aromatic carbocycles. The number of hydrogen-bond acceptors (Lipinski definition) is 7. The molecule has 0 aliphatic heterocycles. The fourth-order valence-corrected chi connectivity index (χ4v) is 4.73. The number of carbonyl (C=O) groups excluding carboxylic acids is 2. The number of hydrogen-bond donors (Lipinski definition) is 3. The second-order valence-corrected chi connectivity index (χ2v) is 9.09. The van der Waals surface area contributed by atoms with Crippen molar-refractivity contribution in [2.24, 2.45) is 11.5 Å². The van der Waals surface area contributed by atoms with Crippen LogP contribution in [0.2, 0.25) is 0 Å². The number of aliphatic hydroxyl groups is 1. The van der Waals surface area contributed by atoms with Gasteiger partial charge in [0.2, 0.25) is 0 Å². The molecule has 0 radical (unpaired) electrons. The number of ether oxygens (including phenoxy) is 2. The Morgan fingerprint density at radius 2 is 1.33 bits per heavy atom. The number of aldehydes is 1. The van der Waals surface area contributed by atoms with Crippen LogP contribution in [0.25, 0.3) is 0 Å². The van der Waals surface area contributed by atoms with E-state index >= 15 is 0 Å². The molecule has 0 bridgehead atoms. The van der Waals surface area contributed by atoms with Crippen LogP contribution in [-0.4, -0.2) is 49.6 Å². The van der Waals surface area contributed by atoms with Gasteiger partial charge in [-0.05, 0) is 86.9 Å². The monoisotopic (exact) mass is 544 g/mol. The minimum atomic E-state index is 0.105. The summed E-state index contributed by atoms with van der Waals surface area (Å²) in [7, 11) is 1.00. The van der Waals surface area contributed by atoms with Crippen LogP contribution in [0.1, 0.15) is 93.1 Å². The van der Waals surface area contributed by atoms with Crippen molar-refractivity contribution in [2.75, 3.05) is 20.3 Å². The third-order valence-corrected chi connectivity index (χ3v) is 6.02. The van der Waals surface area contributed by atoms with Crippen LogP contribution in [0.3, 0.4) is 0 Å². The topological polar surface area (TPSA) is 125 Å².